The summed E-state index contributed by atoms with van der Waals surface area (Å²) in [4.78, 5) is 22.9. The second-order valence-electron chi connectivity index (χ2n) is 4.22. The SMILES string of the molecule is CCCC(CC)OC(=O)c1ccc(F)cc1C(=O)O. The van der Waals surface area contributed by atoms with Crippen LogP contribution in [0, 0.1) is 5.82 Å². The predicted octanol–water partition coefficient (Wildman–Crippen LogP) is 3.26. The lowest BCUT2D eigenvalue weighted by atomic mass is 10.1. The number of ether oxygens (including phenoxy) is 1. The molecule has 0 bridgehead atoms. The van der Waals surface area contributed by atoms with Crippen LogP contribution in [0.5, 0.6) is 0 Å². The number of esters is 1. The highest BCUT2D eigenvalue weighted by atomic mass is 19.1. The zero-order chi connectivity index (χ0) is 14.4. The van der Waals surface area contributed by atoms with Crippen LogP contribution in [-0.2, 0) is 4.74 Å². The van der Waals surface area contributed by atoms with E-state index < -0.39 is 17.8 Å². The highest BCUT2D eigenvalue weighted by Gasteiger charge is 2.21. The number of carboxylic acids is 1. The molecule has 1 atom stereocenters. The standard InChI is InChI=1S/C14H17FO4/c1-3-5-10(4-2)19-14(18)11-7-6-9(15)8-12(11)13(16)17/h6-8,10H,3-5H2,1-2H3,(H,16,17). The van der Waals surface area contributed by atoms with Crippen LogP contribution < -0.4 is 0 Å². The monoisotopic (exact) mass is 268 g/mol. The molecule has 0 aliphatic heterocycles. The minimum atomic E-state index is -1.35. The number of rotatable bonds is 6. The third-order valence-corrected chi connectivity index (χ3v) is 2.77. The Hall–Kier alpha value is -1.91. The predicted molar refractivity (Wildman–Crippen MR) is 67.8 cm³/mol. The number of hydrogen-bond acceptors (Lipinski definition) is 3. The summed E-state index contributed by atoms with van der Waals surface area (Å²) in [6, 6.07) is 3.00. The van der Waals surface area contributed by atoms with Crippen LogP contribution in [0.1, 0.15) is 53.8 Å². The highest BCUT2D eigenvalue weighted by Crippen LogP contribution is 2.16. The molecule has 0 radical (unpaired) electrons. The lowest BCUT2D eigenvalue weighted by molar-refractivity contribution is 0.0266. The van der Waals surface area contributed by atoms with Gasteiger partial charge in [0.1, 0.15) is 11.9 Å². The van der Waals surface area contributed by atoms with Crippen LogP contribution in [0.25, 0.3) is 0 Å². The maximum Gasteiger partial charge on any atom is 0.339 e. The van der Waals surface area contributed by atoms with Gasteiger partial charge in [-0.3, -0.25) is 0 Å². The Bertz CT molecular complexity index is 471. The average Bonchev–Trinajstić information content (AvgIpc) is 2.37. The summed E-state index contributed by atoms with van der Waals surface area (Å²) in [5, 5.41) is 8.96. The number of hydrogen-bond donors (Lipinski definition) is 1. The van der Waals surface area contributed by atoms with Crippen molar-refractivity contribution < 1.29 is 23.8 Å². The van der Waals surface area contributed by atoms with Gasteiger partial charge < -0.3 is 9.84 Å². The first kappa shape index (κ1) is 15.1. The molecule has 1 aromatic rings. The molecule has 0 saturated carbocycles. The maximum absolute atomic E-state index is 13.0. The fraction of sp³-hybridized carbons (Fsp3) is 0.429. The Morgan fingerprint density at radius 1 is 1.32 bits per heavy atom. The van der Waals surface area contributed by atoms with E-state index in [2.05, 4.69) is 0 Å². The molecule has 104 valence electrons. The van der Waals surface area contributed by atoms with Gasteiger partial charge in [-0.2, -0.15) is 0 Å². The maximum atomic E-state index is 13.0. The Morgan fingerprint density at radius 3 is 2.53 bits per heavy atom. The Labute approximate surface area is 111 Å². The van der Waals surface area contributed by atoms with Crippen LogP contribution >= 0.6 is 0 Å². The topological polar surface area (TPSA) is 63.6 Å². The Balaban J connectivity index is 2.96. The van der Waals surface area contributed by atoms with Crippen molar-refractivity contribution in [2.45, 2.75) is 39.2 Å². The minimum Gasteiger partial charge on any atom is -0.478 e. The van der Waals surface area contributed by atoms with Gasteiger partial charge in [-0.25, -0.2) is 14.0 Å². The molecule has 0 aliphatic rings. The van der Waals surface area contributed by atoms with Crippen molar-refractivity contribution in [1.29, 1.82) is 0 Å². The molecule has 0 fully saturated rings. The van der Waals surface area contributed by atoms with Gasteiger partial charge in [0.15, 0.2) is 0 Å². The summed E-state index contributed by atoms with van der Waals surface area (Å²) in [7, 11) is 0. The second-order valence-corrected chi connectivity index (χ2v) is 4.22. The van der Waals surface area contributed by atoms with Gasteiger partial charge in [-0.15, -0.1) is 0 Å². The quantitative estimate of drug-likeness (QED) is 0.804. The first-order valence-corrected chi connectivity index (χ1v) is 6.23. The lowest BCUT2D eigenvalue weighted by Crippen LogP contribution is -2.19. The largest absolute Gasteiger partial charge is 0.478 e. The van der Waals surface area contributed by atoms with E-state index in [0.29, 0.717) is 12.8 Å². The molecule has 1 aromatic carbocycles. The van der Waals surface area contributed by atoms with Crippen LogP contribution in [0.2, 0.25) is 0 Å². The van der Waals surface area contributed by atoms with Crippen molar-refractivity contribution in [2.75, 3.05) is 0 Å². The number of carbonyl (C=O) groups is 2. The van der Waals surface area contributed by atoms with Crippen molar-refractivity contribution in [3.63, 3.8) is 0 Å². The molecule has 5 heteroatoms. The Morgan fingerprint density at radius 2 is 2.00 bits per heavy atom. The lowest BCUT2D eigenvalue weighted by Gasteiger charge is -2.16. The third kappa shape index (κ3) is 4.05. The molecular formula is C14H17FO4. The van der Waals surface area contributed by atoms with Crippen LogP contribution in [0.4, 0.5) is 4.39 Å². The van der Waals surface area contributed by atoms with Gasteiger partial charge >= 0.3 is 11.9 Å². The number of carbonyl (C=O) groups excluding carboxylic acids is 1. The molecule has 4 nitrogen and oxygen atoms in total. The first-order chi connectivity index (χ1) is 8.99. The molecule has 1 rings (SSSR count). The summed E-state index contributed by atoms with van der Waals surface area (Å²) >= 11 is 0. The van der Waals surface area contributed by atoms with Gasteiger partial charge in [0.05, 0.1) is 11.1 Å². The van der Waals surface area contributed by atoms with Crippen LogP contribution in [0.15, 0.2) is 18.2 Å². The van der Waals surface area contributed by atoms with E-state index in [1.807, 2.05) is 13.8 Å². The molecule has 19 heavy (non-hydrogen) atoms. The molecule has 0 spiro atoms. The van der Waals surface area contributed by atoms with E-state index in [1.165, 1.54) is 0 Å². The second kappa shape index (κ2) is 6.87. The fourth-order valence-corrected chi connectivity index (χ4v) is 1.75. The van der Waals surface area contributed by atoms with Gasteiger partial charge in [0, 0.05) is 0 Å². The zero-order valence-electron chi connectivity index (χ0n) is 11.0. The number of carboxylic acid groups (broad SMARTS) is 1. The van der Waals surface area contributed by atoms with Gasteiger partial charge in [0.25, 0.3) is 0 Å². The van der Waals surface area contributed by atoms with Crippen LogP contribution in [0.3, 0.4) is 0 Å². The van der Waals surface area contributed by atoms with E-state index in [9.17, 15) is 14.0 Å². The summed E-state index contributed by atoms with van der Waals surface area (Å²) in [6.07, 6.45) is 1.99. The molecule has 0 aromatic heterocycles. The van der Waals surface area contributed by atoms with Crippen LogP contribution in [-0.4, -0.2) is 23.1 Å². The van der Waals surface area contributed by atoms with E-state index in [4.69, 9.17) is 9.84 Å². The number of halogens is 1. The molecule has 0 saturated heterocycles. The van der Waals surface area contributed by atoms with Crippen molar-refractivity contribution in [1.82, 2.24) is 0 Å². The minimum absolute atomic E-state index is 0.122. The first-order valence-electron chi connectivity index (χ1n) is 6.23. The highest BCUT2D eigenvalue weighted by molar-refractivity contribution is 6.02. The number of benzene rings is 1. The number of aromatic carboxylic acids is 1. The van der Waals surface area contributed by atoms with E-state index in [0.717, 1.165) is 24.6 Å². The van der Waals surface area contributed by atoms with Crippen molar-refractivity contribution in [2.24, 2.45) is 0 Å². The van der Waals surface area contributed by atoms with Gasteiger partial charge in [-0.1, -0.05) is 20.3 Å². The molecular weight excluding hydrogens is 251 g/mol. The summed E-state index contributed by atoms with van der Waals surface area (Å²) in [6.45, 7) is 3.85. The van der Waals surface area contributed by atoms with Crippen molar-refractivity contribution in [3.05, 3.63) is 35.1 Å². The van der Waals surface area contributed by atoms with Gasteiger partial charge in [-0.05, 0) is 31.0 Å². The third-order valence-electron chi connectivity index (χ3n) is 2.77. The van der Waals surface area contributed by atoms with E-state index >= 15 is 0 Å². The van der Waals surface area contributed by atoms with Crippen molar-refractivity contribution >= 4 is 11.9 Å². The van der Waals surface area contributed by atoms with Crippen molar-refractivity contribution in [3.8, 4) is 0 Å². The smallest absolute Gasteiger partial charge is 0.339 e. The fourth-order valence-electron chi connectivity index (χ4n) is 1.75. The molecule has 0 amide bonds. The van der Waals surface area contributed by atoms with E-state index in [1.54, 1.807) is 0 Å². The zero-order valence-corrected chi connectivity index (χ0v) is 11.0. The molecule has 1 unspecified atom stereocenters. The molecule has 0 aliphatic carbocycles. The average molecular weight is 268 g/mol. The summed E-state index contributed by atoms with van der Waals surface area (Å²) in [5.74, 6) is -2.78. The Kier molecular flexibility index (Phi) is 5.48. The van der Waals surface area contributed by atoms with E-state index in [-0.39, 0.29) is 17.2 Å². The van der Waals surface area contributed by atoms with Gasteiger partial charge in [0.2, 0.25) is 0 Å². The normalized spacial score (nSPS) is 11.9. The molecule has 0 heterocycles. The molecule has 1 N–H and O–H groups in total. The summed E-state index contributed by atoms with van der Waals surface area (Å²) < 4.78 is 18.2. The summed E-state index contributed by atoms with van der Waals surface area (Å²) in [5.41, 5.74) is -0.500.